The van der Waals surface area contributed by atoms with E-state index >= 15 is 0 Å². The van der Waals surface area contributed by atoms with Gasteiger partial charge in [0.05, 0.1) is 0 Å². The van der Waals surface area contributed by atoms with E-state index in [2.05, 4.69) is 20.8 Å². The van der Waals surface area contributed by atoms with Crippen LogP contribution in [-0.4, -0.2) is 0 Å². The molecule has 0 aliphatic heterocycles. The third-order valence-electron chi connectivity index (χ3n) is 5.26. The Morgan fingerprint density at radius 1 is 1.18 bits per heavy atom. The first-order valence-electron chi connectivity index (χ1n) is 5.14. The van der Waals surface area contributed by atoms with Crippen LogP contribution in [-0.2, 0) is 0 Å². The van der Waals surface area contributed by atoms with Crippen molar-refractivity contribution in [1.82, 2.24) is 0 Å². The van der Waals surface area contributed by atoms with Gasteiger partial charge in [0.2, 0.25) is 0 Å². The second-order valence-electron chi connectivity index (χ2n) is 5.53. The molecule has 3 aliphatic rings. The van der Waals surface area contributed by atoms with E-state index < -0.39 is 0 Å². The predicted molar refractivity (Wildman–Crippen MR) is 46.1 cm³/mol. The van der Waals surface area contributed by atoms with Crippen molar-refractivity contribution in [3.63, 3.8) is 0 Å². The summed E-state index contributed by atoms with van der Waals surface area (Å²) < 4.78 is 0. The van der Waals surface area contributed by atoms with Crippen LogP contribution in [0.3, 0.4) is 0 Å². The maximum atomic E-state index is 2.52. The van der Waals surface area contributed by atoms with Crippen LogP contribution in [0.4, 0.5) is 0 Å². The van der Waals surface area contributed by atoms with Crippen LogP contribution in [0.2, 0.25) is 0 Å². The smallest absolute Gasteiger partial charge is 0.0263 e. The van der Waals surface area contributed by atoms with Crippen molar-refractivity contribution in [3.8, 4) is 0 Å². The summed E-state index contributed by atoms with van der Waals surface area (Å²) in [4.78, 5) is 0. The van der Waals surface area contributed by atoms with Crippen molar-refractivity contribution in [2.45, 2.75) is 33.6 Å². The molecule has 0 aromatic carbocycles. The largest absolute Gasteiger partial charge is 0.0620 e. The summed E-state index contributed by atoms with van der Waals surface area (Å²) in [6, 6.07) is 0. The molecule has 0 aromatic heterocycles. The van der Waals surface area contributed by atoms with Crippen LogP contribution in [0.15, 0.2) is 0 Å². The lowest BCUT2D eigenvalue weighted by atomic mass is 9.74. The molecule has 5 unspecified atom stereocenters. The van der Waals surface area contributed by atoms with Crippen LogP contribution in [0, 0.1) is 35.0 Å². The monoisotopic (exact) mass is 150 g/mol. The van der Waals surface area contributed by atoms with Gasteiger partial charge in [-0.25, -0.2) is 0 Å². The maximum Gasteiger partial charge on any atom is -0.0263 e. The molecule has 0 bridgehead atoms. The lowest BCUT2D eigenvalue weighted by Crippen LogP contribution is -2.26. The van der Waals surface area contributed by atoms with Crippen molar-refractivity contribution in [2.75, 3.05) is 0 Å². The molecule has 11 heavy (non-hydrogen) atoms. The molecule has 0 spiro atoms. The first kappa shape index (κ1) is 6.51. The van der Waals surface area contributed by atoms with Gasteiger partial charge in [-0.15, -0.1) is 0 Å². The van der Waals surface area contributed by atoms with Gasteiger partial charge in [0, 0.05) is 0 Å². The van der Waals surface area contributed by atoms with E-state index in [-0.39, 0.29) is 0 Å². The van der Waals surface area contributed by atoms with Gasteiger partial charge in [-0.3, -0.25) is 0 Å². The highest BCUT2D eigenvalue weighted by Crippen LogP contribution is 2.75. The molecule has 3 fully saturated rings. The molecule has 0 radical (unpaired) electrons. The Labute approximate surface area is 69.4 Å². The highest BCUT2D eigenvalue weighted by Gasteiger charge is 2.68. The molecular weight excluding hydrogens is 132 g/mol. The minimum Gasteiger partial charge on any atom is -0.0620 e. The fourth-order valence-corrected chi connectivity index (χ4v) is 3.85. The summed E-state index contributed by atoms with van der Waals surface area (Å²) in [5, 5.41) is 0. The Hall–Kier alpha value is 0. The average molecular weight is 150 g/mol. The van der Waals surface area contributed by atoms with E-state index in [4.69, 9.17) is 0 Å². The second kappa shape index (κ2) is 1.53. The second-order valence-corrected chi connectivity index (χ2v) is 5.53. The molecule has 62 valence electrons. The van der Waals surface area contributed by atoms with E-state index in [0.717, 1.165) is 29.1 Å². The van der Waals surface area contributed by atoms with E-state index in [1.165, 1.54) is 5.92 Å². The topological polar surface area (TPSA) is 0 Å². The SMILES string of the molecule is CC1C2CC2C2CC2(C)[C@H]1C. The molecule has 0 heterocycles. The fourth-order valence-electron chi connectivity index (χ4n) is 3.85. The molecule has 0 aromatic rings. The minimum atomic E-state index is 0.789. The van der Waals surface area contributed by atoms with Gasteiger partial charge in [-0.1, -0.05) is 20.8 Å². The third kappa shape index (κ3) is 0.588. The van der Waals surface area contributed by atoms with Crippen molar-refractivity contribution < 1.29 is 0 Å². The molecular formula is C11H18. The van der Waals surface area contributed by atoms with Crippen molar-refractivity contribution in [1.29, 1.82) is 0 Å². The first-order chi connectivity index (χ1) is 5.14. The highest BCUT2D eigenvalue weighted by atomic mass is 14.7. The molecule has 0 nitrogen and oxygen atoms in total. The first-order valence-corrected chi connectivity index (χ1v) is 5.14. The van der Waals surface area contributed by atoms with Gasteiger partial charge in [0.1, 0.15) is 0 Å². The summed E-state index contributed by atoms with van der Waals surface area (Å²) in [7, 11) is 0. The van der Waals surface area contributed by atoms with E-state index in [1.54, 1.807) is 12.8 Å². The average Bonchev–Trinajstić information content (AvgIpc) is 2.76. The van der Waals surface area contributed by atoms with E-state index in [9.17, 15) is 0 Å². The molecule has 3 rings (SSSR count). The molecule has 3 saturated carbocycles. The Morgan fingerprint density at radius 3 is 2.64 bits per heavy atom. The fraction of sp³-hybridized carbons (Fsp3) is 1.00. The van der Waals surface area contributed by atoms with Gasteiger partial charge >= 0.3 is 0 Å². The van der Waals surface area contributed by atoms with E-state index in [0.29, 0.717) is 0 Å². The van der Waals surface area contributed by atoms with Crippen molar-refractivity contribution >= 4 is 0 Å². The van der Waals surface area contributed by atoms with Gasteiger partial charge in [-0.2, -0.15) is 0 Å². The molecule has 0 heteroatoms. The molecule has 6 atom stereocenters. The van der Waals surface area contributed by atoms with Crippen LogP contribution in [0.5, 0.6) is 0 Å². The maximum absolute atomic E-state index is 2.52. The van der Waals surface area contributed by atoms with Gasteiger partial charge in [-0.05, 0) is 47.8 Å². The third-order valence-corrected chi connectivity index (χ3v) is 5.26. The molecule has 0 amide bonds. The van der Waals surface area contributed by atoms with Crippen LogP contribution < -0.4 is 0 Å². The Morgan fingerprint density at radius 2 is 1.91 bits per heavy atom. The van der Waals surface area contributed by atoms with Gasteiger partial charge in [0.25, 0.3) is 0 Å². The van der Waals surface area contributed by atoms with Crippen molar-refractivity contribution in [2.24, 2.45) is 35.0 Å². The lowest BCUT2D eigenvalue weighted by Gasteiger charge is -2.31. The van der Waals surface area contributed by atoms with Crippen LogP contribution in [0.1, 0.15) is 33.6 Å². The van der Waals surface area contributed by atoms with Crippen LogP contribution in [0.25, 0.3) is 0 Å². The summed E-state index contributed by atoms with van der Waals surface area (Å²) in [5.74, 6) is 5.51. The summed E-state index contributed by atoms with van der Waals surface area (Å²) in [5.41, 5.74) is 0.789. The molecule has 0 saturated heterocycles. The van der Waals surface area contributed by atoms with Crippen LogP contribution >= 0.6 is 0 Å². The quantitative estimate of drug-likeness (QED) is 0.498. The Bertz CT molecular complexity index is 206. The minimum absolute atomic E-state index is 0.789. The number of fused-ring (bicyclic) bond motifs is 3. The molecule has 3 aliphatic carbocycles. The zero-order valence-corrected chi connectivity index (χ0v) is 7.80. The lowest BCUT2D eigenvalue weighted by molar-refractivity contribution is 0.168. The molecule has 0 N–H and O–H groups in total. The van der Waals surface area contributed by atoms with Gasteiger partial charge in [0.15, 0.2) is 0 Å². The van der Waals surface area contributed by atoms with Gasteiger partial charge < -0.3 is 0 Å². The van der Waals surface area contributed by atoms with Crippen molar-refractivity contribution in [3.05, 3.63) is 0 Å². The summed E-state index contributed by atoms with van der Waals surface area (Å²) in [6.45, 7) is 7.49. The normalized spacial score (nSPS) is 71.7. The number of hydrogen-bond donors (Lipinski definition) is 0. The standard InChI is InChI=1S/C11H18/c1-6-7(2)11(3)5-10(11)9-4-8(6)9/h6-10H,4-5H2,1-3H3/t6?,7-,8?,9?,10?,11?/m0/s1. The Balaban J connectivity index is 1.94. The zero-order valence-electron chi connectivity index (χ0n) is 7.80. The number of rotatable bonds is 0. The summed E-state index contributed by atoms with van der Waals surface area (Å²) >= 11 is 0. The number of hydrogen-bond acceptors (Lipinski definition) is 0. The predicted octanol–water partition coefficient (Wildman–Crippen LogP) is 2.93. The summed E-state index contributed by atoms with van der Waals surface area (Å²) in [6.07, 6.45) is 3.13. The zero-order chi connectivity index (χ0) is 7.80. The van der Waals surface area contributed by atoms with E-state index in [1.807, 2.05) is 0 Å². The Kier molecular flexibility index (Phi) is 0.906. The highest BCUT2D eigenvalue weighted by molar-refractivity contribution is 5.17.